The quantitative estimate of drug-likeness (QED) is 0.272. The number of hydrogen-bond acceptors (Lipinski definition) is 2. The summed E-state index contributed by atoms with van der Waals surface area (Å²) < 4.78 is 21.0. The Morgan fingerprint density at radius 1 is 1.11 bits per heavy atom. The van der Waals surface area contributed by atoms with Gasteiger partial charge >= 0.3 is 0 Å². The maximum atomic E-state index is 13.4. The molecule has 0 spiro atoms. The van der Waals surface area contributed by atoms with E-state index in [1.807, 2.05) is 43.3 Å². The van der Waals surface area contributed by atoms with Gasteiger partial charge in [-0.3, -0.25) is 0 Å². The molecule has 3 rings (SSSR count). The van der Waals surface area contributed by atoms with E-state index in [9.17, 15) is 9.65 Å². The predicted octanol–water partition coefficient (Wildman–Crippen LogP) is 7.30. The van der Waals surface area contributed by atoms with Crippen LogP contribution in [0.3, 0.4) is 0 Å². The van der Waals surface area contributed by atoms with E-state index < -0.39 is 0 Å². The lowest BCUT2D eigenvalue weighted by Gasteiger charge is -2.13. The number of rotatable bonds is 5. The van der Waals surface area contributed by atoms with Gasteiger partial charge in [-0.15, -0.1) is 0 Å². The molecule has 0 atom stereocenters. The first-order valence-corrected chi connectivity index (χ1v) is 10.1. The molecule has 0 bridgehead atoms. The average Bonchev–Trinajstić information content (AvgIpc) is 2.66. The molecule has 0 radical (unpaired) electrons. The highest BCUT2D eigenvalue weighted by Gasteiger charge is 2.11. The largest absolute Gasteiger partial charge is 0.487 e. The number of aryl methyl sites for hydroxylation is 1. The predicted molar refractivity (Wildman–Crippen MR) is 117 cm³/mol. The van der Waals surface area contributed by atoms with Crippen LogP contribution in [-0.2, 0) is 6.61 Å². The first kappa shape index (κ1) is 20.3. The molecule has 0 aliphatic carbocycles. The molecule has 0 saturated carbocycles. The number of halogens is 3. The van der Waals surface area contributed by atoms with E-state index in [1.54, 1.807) is 18.2 Å². The second-order valence-corrected chi connectivity index (χ2v) is 8.03. The smallest absolute Gasteiger partial charge is 0.141 e. The summed E-state index contributed by atoms with van der Waals surface area (Å²) in [5.41, 5.74) is 3.96. The Morgan fingerprint density at radius 2 is 1.86 bits per heavy atom. The van der Waals surface area contributed by atoms with Crippen LogP contribution < -0.4 is 4.74 Å². The maximum absolute atomic E-state index is 13.4. The van der Waals surface area contributed by atoms with Crippen molar-refractivity contribution in [2.75, 3.05) is 0 Å². The third-order valence-corrected chi connectivity index (χ3v) is 5.14. The summed E-state index contributed by atoms with van der Waals surface area (Å²) in [6.45, 7) is 2.22. The molecular weight excluding hydrogens is 485 g/mol. The Labute approximate surface area is 180 Å². The molecular formula is C23H16Br2FNO. The van der Waals surface area contributed by atoms with E-state index in [0.29, 0.717) is 11.3 Å². The second kappa shape index (κ2) is 9.18. The molecule has 5 heteroatoms. The number of nitriles is 1. The van der Waals surface area contributed by atoms with Crippen LogP contribution in [0, 0.1) is 24.1 Å². The van der Waals surface area contributed by atoms with Gasteiger partial charge in [-0.25, -0.2) is 4.39 Å². The van der Waals surface area contributed by atoms with Crippen molar-refractivity contribution in [2.45, 2.75) is 13.5 Å². The summed E-state index contributed by atoms with van der Waals surface area (Å²) in [4.78, 5) is 0. The van der Waals surface area contributed by atoms with Crippen molar-refractivity contribution in [1.82, 2.24) is 0 Å². The van der Waals surface area contributed by atoms with Crippen molar-refractivity contribution < 1.29 is 9.13 Å². The Hall–Kier alpha value is -2.42. The Morgan fingerprint density at radius 3 is 2.54 bits per heavy atom. The van der Waals surface area contributed by atoms with Crippen LogP contribution in [0.4, 0.5) is 4.39 Å². The van der Waals surface area contributed by atoms with Gasteiger partial charge in [-0.1, -0.05) is 57.9 Å². The SMILES string of the molecule is Cc1ccc(/C(C#N)=C/c2cc(Br)cc(Br)c2OCc2cccc(F)c2)cc1. The van der Waals surface area contributed by atoms with E-state index in [1.165, 1.54) is 12.1 Å². The van der Waals surface area contributed by atoms with Gasteiger partial charge in [0, 0.05) is 10.0 Å². The summed E-state index contributed by atoms with van der Waals surface area (Å²) >= 11 is 7.01. The number of nitrogens with zero attached hydrogens (tertiary/aromatic N) is 1. The van der Waals surface area contributed by atoms with E-state index in [0.717, 1.165) is 31.2 Å². The molecule has 0 aliphatic rings. The van der Waals surface area contributed by atoms with Crippen LogP contribution in [0.2, 0.25) is 0 Å². The highest BCUT2D eigenvalue weighted by molar-refractivity contribution is 9.11. The summed E-state index contributed by atoms with van der Waals surface area (Å²) in [5, 5.41) is 9.65. The molecule has 0 N–H and O–H groups in total. The van der Waals surface area contributed by atoms with Gasteiger partial charge in [-0.2, -0.15) is 5.26 Å². The maximum Gasteiger partial charge on any atom is 0.141 e. The molecule has 0 fully saturated rings. The van der Waals surface area contributed by atoms with Gasteiger partial charge in [0.05, 0.1) is 16.1 Å². The second-order valence-electron chi connectivity index (χ2n) is 6.26. The minimum Gasteiger partial charge on any atom is -0.487 e. The number of ether oxygens (including phenoxy) is 1. The normalized spacial score (nSPS) is 11.2. The summed E-state index contributed by atoms with van der Waals surface area (Å²) in [5.74, 6) is 0.287. The lowest BCUT2D eigenvalue weighted by molar-refractivity contribution is 0.303. The van der Waals surface area contributed by atoms with Gasteiger partial charge in [0.2, 0.25) is 0 Å². The molecule has 0 unspecified atom stereocenters. The van der Waals surface area contributed by atoms with Crippen LogP contribution in [0.15, 0.2) is 69.6 Å². The highest BCUT2D eigenvalue weighted by atomic mass is 79.9. The van der Waals surface area contributed by atoms with Gasteiger partial charge < -0.3 is 4.74 Å². The number of hydrogen-bond donors (Lipinski definition) is 0. The van der Waals surface area contributed by atoms with Gasteiger partial charge in [-0.05, 0) is 64.3 Å². The van der Waals surface area contributed by atoms with Crippen molar-refractivity contribution >= 4 is 43.5 Å². The van der Waals surface area contributed by atoms with Crippen LogP contribution in [0.5, 0.6) is 5.75 Å². The lowest BCUT2D eigenvalue weighted by atomic mass is 10.0. The van der Waals surface area contributed by atoms with E-state index in [-0.39, 0.29) is 12.4 Å². The number of allylic oxidation sites excluding steroid dienone is 1. The minimum atomic E-state index is -0.303. The van der Waals surface area contributed by atoms with Crippen molar-refractivity contribution in [1.29, 1.82) is 5.26 Å². The topological polar surface area (TPSA) is 33.0 Å². The molecule has 28 heavy (non-hydrogen) atoms. The van der Waals surface area contributed by atoms with E-state index in [2.05, 4.69) is 37.9 Å². The molecule has 0 aliphatic heterocycles. The molecule has 0 saturated heterocycles. The molecule has 3 aromatic rings. The van der Waals surface area contributed by atoms with Crippen LogP contribution >= 0.6 is 31.9 Å². The molecule has 0 aromatic heterocycles. The van der Waals surface area contributed by atoms with Crippen LogP contribution in [-0.4, -0.2) is 0 Å². The highest BCUT2D eigenvalue weighted by Crippen LogP contribution is 2.36. The fourth-order valence-corrected chi connectivity index (χ4v) is 4.06. The average molecular weight is 501 g/mol. The van der Waals surface area contributed by atoms with Crippen molar-refractivity contribution in [2.24, 2.45) is 0 Å². The van der Waals surface area contributed by atoms with Crippen LogP contribution in [0.25, 0.3) is 11.6 Å². The zero-order valence-corrected chi connectivity index (χ0v) is 18.2. The molecule has 140 valence electrons. The third kappa shape index (κ3) is 5.09. The van der Waals surface area contributed by atoms with Crippen LogP contribution in [0.1, 0.15) is 22.3 Å². The standard InChI is InChI=1S/C23H16Br2FNO/c1-15-5-7-17(8-6-15)19(13-27)10-18-11-20(24)12-22(25)23(18)28-14-16-3-2-4-21(26)9-16/h2-12H,14H2,1H3/b19-10+. The van der Waals surface area contributed by atoms with Gasteiger partial charge in [0.15, 0.2) is 0 Å². The van der Waals surface area contributed by atoms with Gasteiger partial charge in [0.25, 0.3) is 0 Å². The summed E-state index contributed by atoms with van der Waals surface area (Å²) in [6, 6.07) is 20.1. The first-order chi connectivity index (χ1) is 13.5. The summed E-state index contributed by atoms with van der Waals surface area (Å²) in [6.07, 6.45) is 1.79. The van der Waals surface area contributed by atoms with Gasteiger partial charge in [0.1, 0.15) is 18.2 Å². The lowest BCUT2D eigenvalue weighted by Crippen LogP contribution is -1.99. The van der Waals surface area contributed by atoms with Crippen molar-refractivity contribution in [3.8, 4) is 11.8 Å². The molecule has 0 amide bonds. The minimum absolute atomic E-state index is 0.214. The monoisotopic (exact) mass is 499 g/mol. The zero-order valence-electron chi connectivity index (χ0n) is 15.0. The van der Waals surface area contributed by atoms with Crippen molar-refractivity contribution in [3.63, 3.8) is 0 Å². The molecule has 0 heterocycles. The number of benzene rings is 3. The fourth-order valence-electron chi connectivity index (χ4n) is 2.69. The molecule has 2 nitrogen and oxygen atoms in total. The summed E-state index contributed by atoms with van der Waals surface area (Å²) in [7, 11) is 0. The van der Waals surface area contributed by atoms with Crippen molar-refractivity contribution in [3.05, 3.63) is 97.7 Å². The molecule has 3 aromatic carbocycles. The Bertz CT molecular complexity index is 1070. The fraction of sp³-hybridized carbons (Fsp3) is 0.0870. The first-order valence-electron chi connectivity index (χ1n) is 8.51. The van der Waals surface area contributed by atoms with E-state index in [4.69, 9.17) is 4.74 Å². The third-order valence-electron chi connectivity index (χ3n) is 4.09. The Balaban J connectivity index is 1.97. The Kier molecular flexibility index (Phi) is 6.66. The van der Waals surface area contributed by atoms with E-state index >= 15 is 0 Å². The zero-order chi connectivity index (χ0) is 20.1.